The van der Waals surface area contributed by atoms with Crippen molar-refractivity contribution in [2.45, 2.75) is 6.42 Å². The minimum Gasteiger partial charge on any atom is -0.321 e. The SMILES string of the molecule is O=C(Nc1ccc(C(=O)N2CCc3ccccc32)cc1)c1csc(-c2ccsc2)n1. The molecule has 30 heavy (non-hydrogen) atoms. The summed E-state index contributed by atoms with van der Waals surface area (Å²) in [6.07, 6.45) is 0.872. The van der Waals surface area contributed by atoms with Gasteiger partial charge in [0.1, 0.15) is 10.7 Å². The molecule has 0 bridgehead atoms. The van der Waals surface area contributed by atoms with Crippen LogP contribution in [0, 0.1) is 0 Å². The Morgan fingerprint density at radius 1 is 1.00 bits per heavy atom. The van der Waals surface area contributed by atoms with Crippen LogP contribution in [0.25, 0.3) is 10.6 Å². The molecule has 0 saturated carbocycles. The van der Waals surface area contributed by atoms with E-state index < -0.39 is 0 Å². The lowest BCUT2D eigenvalue weighted by atomic mass is 10.1. The molecule has 4 aromatic rings. The normalized spacial score (nSPS) is 12.6. The third-order valence-electron chi connectivity index (χ3n) is 5.03. The van der Waals surface area contributed by atoms with Gasteiger partial charge in [-0.1, -0.05) is 18.2 Å². The van der Waals surface area contributed by atoms with Gasteiger partial charge in [-0.3, -0.25) is 9.59 Å². The Bertz CT molecular complexity index is 1210. The zero-order valence-corrected chi connectivity index (χ0v) is 17.5. The first-order valence-electron chi connectivity index (χ1n) is 9.48. The van der Waals surface area contributed by atoms with Gasteiger partial charge in [0.15, 0.2) is 0 Å². The van der Waals surface area contributed by atoms with Crippen LogP contribution >= 0.6 is 22.7 Å². The molecular weight excluding hydrogens is 414 g/mol. The van der Waals surface area contributed by atoms with Crippen LogP contribution in [-0.4, -0.2) is 23.3 Å². The number of amides is 2. The summed E-state index contributed by atoms with van der Waals surface area (Å²) >= 11 is 3.04. The van der Waals surface area contributed by atoms with Crippen LogP contribution in [-0.2, 0) is 6.42 Å². The summed E-state index contributed by atoms with van der Waals surface area (Å²) in [5, 5.41) is 9.43. The number of hydrogen-bond donors (Lipinski definition) is 1. The van der Waals surface area contributed by atoms with E-state index in [1.807, 2.05) is 39.9 Å². The predicted octanol–water partition coefficient (Wildman–Crippen LogP) is 5.33. The smallest absolute Gasteiger partial charge is 0.275 e. The first kappa shape index (κ1) is 18.7. The van der Waals surface area contributed by atoms with Crippen molar-refractivity contribution in [1.82, 2.24) is 4.98 Å². The average molecular weight is 432 g/mol. The Hall–Kier alpha value is -3.29. The minimum atomic E-state index is -0.264. The quantitative estimate of drug-likeness (QED) is 0.475. The zero-order valence-electron chi connectivity index (χ0n) is 15.9. The molecule has 5 nitrogen and oxygen atoms in total. The topological polar surface area (TPSA) is 62.3 Å². The largest absolute Gasteiger partial charge is 0.321 e. The van der Waals surface area contributed by atoms with Gasteiger partial charge in [0.2, 0.25) is 0 Å². The van der Waals surface area contributed by atoms with E-state index >= 15 is 0 Å². The Kier molecular flexibility index (Phi) is 4.90. The maximum absolute atomic E-state index is 12.9. The first-order valence-corrected chi connectivity index (χ1v) is 11.3. The van der Waals surface area contributed by atoms with Crippen LogP contribution < -0.4 is 10.2 Å². The number of nitrogens with one attached hydrogen (secondary N) is 1. The second kappa shape index (κ2) is 7.85. The van der Waals surface area contributed by atoms with Gasteiger partial charge >= 0.3 is 0 Å². The molecule has 0 atom stereocenters. The van der Waals surface area contributed by atoms with Crippen molar-refractivity contribution >= 4 is 45.9 Å². The first-order chi connectivity index (χ1) is 14.7. The molecule has 0 radical (unpaired) electrons. The van der Waals surface area contributed by atoms with Crippen LogP contribution in [0.1, 0.15) is 26.4 Å². The lowest BCUT2D eigenvalue weighted by Crippen LogP contribution is -2.28. The average Bonchev–Trinajstić information content (AvgIpc) is 3.54. The van der Waals surface area contributed by atoms with E-state index in [9.17, 15) is 9.59 Å². The number of carbonyl (C=O) groups excluding carboxylic acids is 2. The molecule has 0 spiro atoms. The lowest BCUT2D eigenvalue weighted by molar-refractivity contribution is 0.0988. The van der Waals surface area contributed by atoms with Gasteiger partial charge in [0.05, 0.1) is 0 Å². The van der Waals surface area contributed by atoms with Gasteiger partial charge in [0.25, 0.3) is 11.8 Å². The van der Waals surface area contributed by atoms with E-state index in [0.717, 1.165) is 22.7 Å². The standard InChI is InChI=1S/C23H17N3O2S2/c27-21(19-14-30-22(25-19)17-10-12-29-13-17)24-18-7-5-16(6-8-18)23(28)26-11-9-15-3-1-2-4-20(15)26/h1-8,10,12-14H,9,11H2,(H,24,27). The van der Waals surface area contributed by atoms with Crippen molar-refractivity contribution in [3.05, 3.63) is 87.6 Å². The zero-order chi connectivity index (χ0) is 20.5. The molecule has 1 N–H and O–H groups in total. The van der Waals surface area contributed by atoms with Crippen LogP contribution in [0.4, 0.5) is 11.4 Å². The van der Waals surface area contributed by atoms with E-state index in [1.165, 1.54) is 16.9 Å². The number of nitrogens with zero attached hydrogens (tertiary/aromatic N) is 2. The summed E-state index contributed by atoms with van der Waals surface area (Å²) in [6, 6.07) is 17.0. The molecule has 2 aromatic carbocycles. The Labute approximate surface area is 181 Å². The summed E-state index contributed by atoms with van der Waals surface area (Å²) in [7, 11) is 0. The van der Waals surface area contributed by atoms with E-state index in [0.29, 0.717) is 23.5 Å². The molecular formula is C23H17N3O2S2. The summed E-state index contributed by atoms with van der Waals surface area (Å²) in [4.78, 5) is 31.7. The summed E-state index contributed by atoms with van der Waals surface area (Å²) in [5.74, 6) is -0.294. The number of anilines is 2. The fraction of sp³-hybridized carbons (Fsp3) is 0.0870. The Morgan fingerprint density at radius 3 is 2.63 bits per heavy atom. The van der Waals surface area contributed by atoms with Gasteiger partial charge in [0, 0.05) is 39.8 Å². The molecule has 3 heterocycles. The molecule has 2 aromatic heterocycles. The maximum atomic E-state index is 12.9. The summed E-state index contributed by atoms with van der Waals surface area (Å²) in [6.45, 7) is 0.687. The number of thiophene rings is 1. The van der Waals surface area contributed by atoms with E-state index in [-0.39, 0.29) is 11.8 Å². The van der Waals surface area contributed by atoms with Gasteiger partial charge in [-0.2, -0.15) is 11.3 Å². The number of carbonyl (C=O) groups is 2. The number of aromatic nitrogens is 1. The molecule has 0 aliphatic carbocycles. The minimum absolute atomic E-state index is 0.0299. The molecule has 5 rings (SSSR count). The van der Waals surface area contributed by atoms with Gasteiger partial charge in [-0.05, 0) is 53.8 Å². The van der Waals surface area contributed by atoms with Crippen LogP contribution in [0.5, 0.6) is 0 Å². The lowest BCUT2D eigenvalue weighted by Gasteiger charge is -2.17. The Balaban J connectivity index is 1.28. The number of benzene rings is 2. The van der Waals surface area contributed by atoms with Crippen molar-refractivity contribution in [1.29, 1.82) is 0 Å². The van der Waals surface area contributed by atoms with E-state index in [1.54, 1.807) is 41.0 Å². The number of fused-ring (bicyclic) bond motifs is 1. The maximum Gasteiger partial charge on any atom is 0.275 e. The highest BCUT2D eigenvalue weighted by molar-refractivity contribution is 7.14. The van der Waals surface area contributed by atoms with Gasteiger partial charge in [-0.25, -0.2) is 4.98 Å². The number of para-hydroxylation sites is 1. The fourth-order valence-corrected chi connectivity index (χ4v) is 5.01. The molecule has 1 aliphatic heterocycles. The third kappa shape index (κ3) is 3.53. The molecule has 7 heteroatoms. The van der Waals surface area contributed by atoms with E-state index in [4.69, 9.17) is 0 Å². The monoisotopic (exact) mass is 431 g/mol. The fourth-order valence-electron chi connectivity index (χ4n) is 3.49. The molecule has 2 amide bonds. The second-order valence-corrected chi connectivity index (χ2v) is 8.56. The van der Waals surface area contributed by atoms with Crippen molar-refractivity contribution in [2.75, 3.05) is 16.8 Å². The number of rotatable bonds is 4. The van der Waals surface area contributed by atoms with Crippen LogP contribution in [0.2, 0.25) is 0 Å². The Morgan fingerprint density at radius 2 is 1.83 bits per heavy atom. The molecule has 0 unspecified atom stereocenters. The molecule has 148 valence electrons. The van der Waals surface area contributed by atoms with Crippen molar-refractivity contribution in [3.63, 3.8) is 0 Å². The molecule has 0 fully saturated rings. The van der Waals surface area contributed by atoms with Crippen molar-refractivity contribution < 1.29 is 9.59 Å². The second-order valence-electron chi connectivity index (χ2n) is 6.92. The molecule has 0 saturated heterocycles. The summed E-state index contributed by atoms with van der Waals surface area (Å²) < 4.78 is 0. The highest BCUT2D eigenvalue weighted by atomic mass is 32.1. The van der Waals surface area contributed by atoms with Crippen LogP contribution in [0.3, 0.4) is 0 Å². The van der Waals surface area contributed by atoms with Crippen molar-refractivity contribution in [3.8, 4) is 10.6 Å². The summed E-state index contributed by atoms with van der Waals surface area (Å²) in [5.41, 5.74) is 4.80. The third-order valence-corrected chi connectivity index (χ3v) is 6.60. The number of hydrogen-bond acceptors (Lipinski definition) is 5. The molecule has 1 aliphatic rings. The van der Waals surface area contributed by atoms with E-state index in [2.05, 4.69) is 16.4 Å². The van der Waals surface area contributed by atoms with Gasteiger partial charge in [-0.15, -0.1) is 11.3 Å². The van der Waals surface area contributed by atoms with Gasteiger partial charge < -0.3 is 10.2 Å². The van der Waals surface area contributed by atoms with Crippen molar-refractivity contribution in [2.24, 2.45) is 0 Å². The highest BCUT2D eigenvalue weighted by Gasteiger charge is 2.25. The number of thiazole rings is 1. The predicted molar refractivity (Wildman–Crippen MR) is 122 cm³/mol. The highest BCUT2D eigenvalue weighted by Crippen LogP contribution is 2.29. The van der Waals surface area contributed by atoms with Crippen LogP contribution in [0.15, 0.2) is 70.7 Å².